The molecule has 0 bridgehead atoms. The SMILES string of the molecule is Cc1cccc(C)c1NC(=O)COC(=O)c1ccc(N2C(=O)[C@@H]3CC[C@@H](C)C[C@H]3C2=O)cc1. The lowest BCUT2D eigenvalue weighted by Crippen LogP contribution is -2.30. The van der Waals surface area contributed by atoms with Crippen molar-refractivity contribution in [3.8, 4) is 0 Å². The van der Waals surface area contributed by atoms with Gasteiger partial charge in [-0.3, -0.25) is 19.3 Å². The summed E-state index contributed by atoms with van der Waals surface area (Å²) in [6.45, 7) is 5.47. The molecule has 1 aliphatic carbocycles. The monoisotopic (exact) mass is 448 g/mol. The van der Waals surface area contributed by atoms with Crippen molar-refractivity contribution in [3.63, 3.8) is 0 Å². The van der Waals surface area contributed by atoms with Gasteiger partial charge < -0.3 is 10.1 Å². The lowest BCUT2D eigenvalue weighted by molar-refractivity contribution is -0.122. The Morgan fingerprint density at radius 3 is 2.27 bits per heavy atom. The maximum absolute atomic E-state index is 12.9. The molecular weight excluding hydrogens is 420 g/mol. The molecule has 2 aliphatic rings. The fourth-order valence-corrected chi connectivity index (χ4v) is 4.79. The Kier molecular flexibility index (Phi) is 6.31. The molecule has 0 unspecified atom stereocenters. The Labute approximate surface area is 193 Å². The molecule has 2 aromatic carbocycles. The normalized spacial score (nSPS) is 22.2. The third kappa shape index (κ3) is 4.53. The first-order chi connectivity index (χ1) is 15.8. The first-order valence-corrected chi connectivity index (χ1v) is 11.3. The Balaban J connectivity index is 1.37. The van der Waals surface area contributed by atoms with Gasteiger partial charge in [-0.2, -0.15) is 0 Å². The minimum absolute atomic E-state index is 0.157. The summed E-state index contributed by atoms with van der Waals surface area (Å²) in [5, 5.41) is 2.77. The zero-order valence-electron chi connectivity index (χ0n) is 19.1. The number of para-hydroxylation sites is 1. The molecule has 0 spiro atoms. The van der Waals surface area contributed by atoms with Crippen molar-refractivity contribution in [3.05, 3.63) is 59.2 Å². The van der Waals surface area contributed by atoms with E-state index in [-0.39, 0.29) is 29.2 Å². The van der Waals surface area contributed by atoms with E-state index in [1.165, 1.54) is 17.0 Å². The third-order valence-electron chi connectivity index (χ3n) is 6.63. The van der Waals surface area contributed by atoms with Gasteiger partial charge in [0, 0.05) is 5.69 Å². The van der Waals surface area contributed by atoms with Crippen LogP contribution in [0.2, 0.25) is 0 Å². The molecule has 1 saturated carbocycles. The highest BCUT2D eigenvalue weighted by molar-refractivity contribution is 6.22. The average molecular weight is 449 g/mol. The number of fused-ring (bicyclic) bond motifs is 1. The molecule has 1 saturated heterocycles. The zero-order valence-corrected chi connectivity index (χ0v) is 19.1. The Morgan fingerprint density at radius 1 is 0.970 bits per heavy atom. The van der Waals surface area contributed by atoms with Crippen molar-refractivity contribution in [2.75, 3.05) is 16.8 Å². The van der Waals surface area contributed by atoms with Crippen LogP contribution in [0.15, 0.2) is 42.5 Å². The van der Waals surface area contributed by atoms with Gasteiger partial charge in [0.05, 0.1) is 23.1 Å². The maximum Gasteiger partial charge on any atom is 0.338 e. The van der Waals surface area contributed by atoms with Gasteiger partial charge in [0.2, 0.25) is 11.8 Å². The van der Waals surface area contributed by atoms with Gasteiger partial charge in [0.15, 0.2) is 6.61 Å². The molecule has 1 N–H and O–H groups in total. The van der Waals surface area contributed by atoms with E-state index in [0.717, 1.165) is 30.4 Å². The van der Waals surface area contributed by atoms with Gasteiger partial charge in [-0.25, -0.2) is 4.79 Å². The number of rotatable bonds is 5. The highest BCUT2D eigenvalue weighted by Gasteiger charge is 2.49. The van der Waals surface area contributed by atoms with Crippen molar-refractivity contribution in [1.82, 2.24) is 0 Å². The maximum atomic E-state index is 12.9. The quantitative estimate of drug-likeness (QED) is 0.551. The summed E-state index contributed by atoms with van der Waals surface area (Å²) in [5.41, 5.74) is 3.24. The predicted octanol–water partition coefficient (Wildman–Crippen LogP) is 4.02. The van der Waals surface area contributed by atoms with Crippen molar-refractivity contribution in [2.45, 2.75) is 40.0 Å². The number of esters is 1. The molecule has 172 valence electrons. The minimum atomic E-state index is -0.653. The lowest BCUT2D eigenvalue weighted by Gasteiger charge is -2.25. The highest BCUT2D eigenvalue weighted by atomic mass is 16.5. The number of carbonyl (C=O) groups is 4. The van der Waals surface area contributed by atoms with E-state index in [1.54, 1.807) is 12.1 Å². The van der Waals surface area contributed by atoms with Crippen molar-refractivity contribution >= 4 is 35.1 Å². The van der Waals surface area contributed by atoms with Crippen molar-refractivity contribution in [1.29, 1.82) is 0 Å². The topological polar surface area (TPSA) is 92.8 Å². The largest absolute Gasteiger partial charge is 0.452 e. The van der Waals surface area contributed by atoms with Gasteiger partial charge in [0.1, 0.15) is 0 Å². The number of hydrogen-bond acceptors (Lipinski definition) is 5. The molecule has 3 atom stereocenters. The number of amides is 3. The fraction of sp³-hybridized carbons (Fsp3) is 0.385. The van der Waals surface area contributed by atoms with Gasteiger partial charge in [-0.1, -0.05) is 25.1 Å². The second-order valence-corrected chi connectivity index (χ2v) is 9.08. The van der Waals surface area contributed by atoms with Crippen molar-refractivity contribution < 1.29 is 23.9 Å². The Morgan fingerprint density at radius 2 is 1.61 bits per heavy atom. The summed E-state index contributed by atoms with van der Waals surface area (Å²) >= 11 is 0. The summed E-state index contributed by atoms with van der Waals surface area (Å²) in [6, 6.07) is 11.8. The summed E-state index contributed by atoms with van der Waals surface area (Å²) in [7, 11) is 0. The molecule has 7 heteroatoms. The van der Waals surface area contributed by atoms with E-state index in [4.69, 9.17) is 4.74 Å². The Hall–Kier alpha value is -3.48. The number of aryl methyl sites for hydroxylation is 2. The summed E-state index contributed by atoms with van der Waals surface area (Å²) in [6.07, 6.45) is 2.43. The molecule has 0 aromatic heterocycles. The molecule has 2 fully saturated rings. The van der Waals surface area contributed by atoms with E-state index >= 15 is 0 Å². The number of benzene rings is 2. The number of ether oxygens (including phenoxy) is 1. The molecular formula is C26H28N2O5. The third-order valence-corrected chi connectivity index (χ3v) is 6.63. The minimum Gasteiger partial charge on any atom is -0.452 e. The lowest BCUT2D eigenvalue weighted by atomic mass is 9.76. The van der Waals surface area contributed by atoms with Crippen LogP contribution in [0.1, 0.15) is 47.7 Å². The van der Waals surface area contributed by atoms with Gasteiger partial charge in [-0.15, -0.1) is 0 Å². The number of nitrogens with one attached hydrogen (secondary N) is 1. The van der Waals surface area contributed by atoms with E-state index in [2.05, 4.69) is 12.2 Å². The smallest absolute Gasteiger partial charge is 0.338 e. The predicted molar refractivity (Wildman–Crippen MR) is 124 cm³/mol. The first kappa shape index (κ1) is 22.7. The van der Waals surface area contributed by atoms with Gasteiger partial charge in [-0.05, 0) is 74.4 Å². The molecule has 1 aliphatic heterocycles. The molecule has 1 heterocycles. The first-order valence-electron chi connectivity index (χ1n) is 11.3. The van der Waals surface area contributed by atoms with Crippen LogP contribution in [0, 0.1) is 31.6 Å². The molecule has 3 amide bonds. The number of anilines is 2. The van der Waals surface area contributed by atoms with Crippen LogP contribution >= 0.6 is 0 Å². The molecule has 33 heavy (non-hydrogen) atoms. The fourth-order valence-electron chi connectivity index (χ4n) is 4.79. The number of carbonyl (C=O) groups excluding carboxylic acids is 4. The molecule has 4 rings (SSSR count). The standard InChI is InChI=1S/C26H28N2O5/c1-15-7-12-20-21(13-15)25(31)28(24(20)30)19-10-8-18(9-11-19)26(32)33-14-22(29)27-23-16(2)5-4-6-17(23)3/h4-6,8-11,15,20-21H,7,12-14H2,1-3H3,(H,27,29)/t15-,20-,21-/m1/s1. The Bertz CT molecular complexity index is 1090. The van der Waals surface area contributed by atoms with Crippen LogP contribution in [0.25, 0.3) is 0 Å². The van der Waals surface area contributed by atoms with E-state index < -0.39 is 18.5 Å². The van der Waals surface area contributed by atoms with Gasteiger partial charge >= 0.3 is 5.97 Å². The van der Waals surface area contributed by atoms with E-state index in [9.17, 15) is 19.2 Å². The summed E-state index contributed by atoms with van der Waals surface area (Å²) < 4.78 is 5.14. The second-order valence-electron chi connectivity index (χ2n) is 9.08. The molecule has 2 aromatic rings. The molecule has 0 radical (unpaired) electrons. The summed E-state index contributed by atoms with van der Waals surface area (Å²) in [4.78, 5) is 51.5. The van der Waals surface area contributed by atoms with Gasteiger partial charge in [0.25, 0.3) is 5.91 Å². The van der Waals surface area contributed by atoms with E-state index in [1.807, 2.05) is 32.0 Å². The number of imide groups is 1. The van der Waals surface area contributed by atoms with Crippen LogP contribution in [0.5, 0.6) is 0 Å². The van der Waals surface area contributed by atoms with Crippen LogP contribution in [-0.2, 0) is 19.1 Å². The average Bonchev–Trinajstić information content (AvgIpc) is 3.04. The van der Waals surface area contributed by atoms with Crippen LogP contribution in [0.4, 0.5) is 11.4 Å². The van der Waals surface area contributed by atoms with Crippen LogP contribution in [-0.4, -0.2) is 30.3 Å². The number of nitrogens with zero attached hydrogens (tertiary/aromatic N) is 1. The highest BCUT2D eigenvalue weighted by Crippen LogP contribution is 2.42. The second kappa shape index (κ2) is 9.17. The van der Waals surface area contributed by atoms with Crippen LogP contribution < -0.4 is 10.2 Å². The van der Waals surface area contributed by atoms with Crippen molar-refractivity contribution in [2.24, 2.45) is 17.8 Å². The summed E-state index contributed by atoms with van der Waals surface area (Å²) in [5.74, 6) is -1.45. The zero-order chi connectivity index (χ0) is 23.7. The van der Waals surface area contributed by atoms with Crippen LogP contribution in [0.3, 0.4) is 0 Å². The van der Waals surface area contributed by atoms with E-state index in [0.29, 0.717) is 17.3 Å². The number of hydrogen-bond donors (Lipinski definition) is 1. The molecule has 7 nitrogen and oxygen atoms in total.